The highest BCUT2D eigenvalue weighted by Gasteiger charge is 2.09. The van der Waals surface area contributed by atoms with Gasteiger partial charge in [0.25, 0.3) is 5.91 Å². The molecule has 0 fully saturated rings. The number of ether oxygens (including phenoxy) is 2. The zero-order chi connectivity index (χ0) is 15.9. The molecule has 22 heavy (non-hydrogen) atoms. The number of phenols is 1. The maximum Gasteiger partial charge on any atom is 0.271 e. The van der Waals surface area contributed by atoms with E-state index in [2.05, 4.69) is 10.5 Å². The molecular formula is C16H16N2O4. The monoisotopic (exact) mass is 300 g/mol. The summed E-state index contributed by atoms with van der Waals surface area (Å²) in [6.45, 7) is 0. The number of hydrogen-bond donors (Lipinski definition) is 2. The molecule has 2 aromatic carbocycles. The standard InChI is InChI=1S/C16H16N2O4/c1-21-14-8-5-12(9-15(14)22-2)16(20)18-17-10-11-3-6-13(19)7-4-11/h3-10,19H,1-2H3,(H,18,20)/b17-10+. The van der Waals surface area contributed by atoms with Crippen LogP contribution in [0.4, 0.5) is 0 Å². The lowest BCUT2D eigenvalue weighted by Gasteiger charge is -2.08. The predicted octanol–water partition coefficient (Wildman–Crippen LogP) is 2.17. The summed E-state index contributed by atoms with van der Waals surface area (Å²) >= 11 is 0. The van der Waals surface area contributed by atoms with Crippen LogP contribution in [0, 0.1) is 0 Å². The largest absolute Gasteiger partial charge is 0.508 e. The first-order chi connectivity index (χ1) is 10.6. The lowest BCUT2D eigenvalue weighted by molar-refractivity contribution is 0.0954. The van der Waals surface area contributed by atoms with Gasteiger partial charge in [0.2, 0.25) is 0 Å². The topological polar surface area (TPSA) is 80.2 Å². The van der Waals surface area contributed by atoms with Crippen LogP contribution in [0.5, 0.6) is 17.2 Å². The van der Waals surface area contributed by atoms with Gasteiger partial charge in [0, 0.05) is 5.56 Å². The van der Waals surface area contributed by atoms with Crippen molar-refractivity contribution < 1.29 is 19.4 Å². The number of phenolic OH excluding ortho intramolecular Hbond substituents is 1. The second kappa shape index (κ2) is 7.12. The Balaban J connectivity index is 2.04. The van der Waals surface area contributed by atoms with E-state index in [1.165, 1.54) is 32.6 Å². The van der Waals surface area contributed by atoms with Gasteiger partial charge in [-0.1, -0.05) is 0 Å². The molecule has 0 aliphatic carbocycles. The molecule has 0 spiro atoms. The van der Waals surface area contributed by atoms with Gasteiger partial charge in [0.15, 0.2) is 11.5 Å². The Morgan fingerprint density at radius 1 is 1.09 bits per heavy atom. The minimum absolute atomic E-state index is 0.173. The van der Waals surface area contributed by atoms with E-state index in [1.807, 2.05) is 0 Å². The highest BCUT2D eigenvalue weighted by molar-refractivity contribution is 5.95. The summed E-state index contributed by atoms with van der Waals surface area (Å²) in [7, 11) is 3.03. The molecule has 0 aliphatic heterocycles. The summed E-state index contributed by atoms with van der Waals surface area (Å²) in [5, 5.41) is 13.0. The van der Waals surface area contributed by atoms with Crippen LogP contribution >= 0.6 is 0 Å². The van der Waals surface area contributed by atoms with Gasteiger partial charge < -0.3 is 14.6 Å². The third-order valence-corrected chi connectivity index (χ3v) is 2.92. The summed E-state index contributed by atoms with van der Waals surface area (Å²) in [6.07, 6.45) is 1.48. The van der Waals surface area contributed by atoms with Crippen molar-refractivity contribution in [1.29, 1.82) is 0 Å². The van der Waals surface area contributed by atoms with Crippen molar-refractivity contribution in [3.05, 3.63) is 53.6 Å². The number of hydrogen-bond acceptors (Lipinski definition) is 5. The Kier molecular flexibility index (Phi) is 4.98. The van der Waals surface area contributed by atoms with E-state index in [-0.39, 0.29) is 11.7 Å². The number of aromatic hydroxyl groups is 1. The lowest BCUT2D eigenvalue weighted by atomic mass is 10.2. The molecular weight excluding hydrogens is 284 g/mol. The van der Waals surface area contributed by atoms with E-state index < -0.39 is 0 Å². The normalized spacial score (nSPS) is 10.5. The van der Waals surface area contributed by atoms with Crippen molar-refractivity contribution in [3.63, 3.8) is 0 Å². The predicted molar refractivity (Wildman–Crippen MR) is 82.7 cm³/mol. The number of nitrogens with zero attached hydrogens (tertiary/aromatic N) is 1. The molecule has 6 heteroatoms. The minimum Gasteiger partial charge on any atom is -0.508 e. The Morgan fingerprint density at radius 3 is 2.41 bits per heavy atom. The van der Waals surface area contributed by atoms with Crippen LogP contribution in [-0.2, 0) is 0 Å². The van der Waals surface area contributed by atoms with E-state index in [0.29, 0.717) is 17.1 Å². The average molecular weight is 300 g/mol. The number of nitrogens with one attached hydrogen (secondary N) is 1. The molecule has 114 valence electrons. The summed E-state index contributed by atoms with van der Waals surface area (Å²) in [5.41, 5.74) is 3.58. The lowest BCUT2D eigenvalue weighted by Crippen LogP contribution is -2.17. The quantitative estimate of drug-likeness (QED) is 0.655. The van der Waals surface area contributed by atoms with Gasteiger partial charge in [-0.25, -0.2) is 5.43 Å². The number of rotatable bonds is 5. The maximum absolute atomic E-state index is 12.0. The van der Waals surface area contributed by atoms with Crippen molar-refractivity contribution in [3.8, 4) is 17.2 Å². The molecule has 1 amide bonds. The molecule has 2 rings (SSSR count). The average Bonchev–Trinajstić information content (AvgIpc) is 2.55. The Labute approximate surface area is 128 Å². The number of hydrazone groups is 1. The second-order valence-electron chi connectivity index (χ2n) is 4.36. The zero-order valence-corrected chi connectivity index (χ0v) is 12.2. The summed E-state index contributed by atoms with van der Waals surface area (Å²) in [4.78, 5) is 12.0. The molecule has 0 radical (unpaired) electrons. The molecule has 0 aliphatic rings. The number of benzene rings is 2. The first-order valence-corrected chi connectivity index (χ1v) is 6.48. The van der Waals surface area contributed by atoms with E-state index in [0.717, 1.165) is 5.56 Å². The summed E-state index contributed by atoms with van der Waals surface area (Å²) in [5.74, 6) is 0.826. The summed E-state index contributed by atoms with van der Waals surface area (Å²) < 4.78 is 10.3. The van der Waals surface area contributed by atoms with Gasteiger partial charge in [-0.05, 0) is 48.0 Å². The fourth-order valence-corrected chi connectivity index (χ4v) is 1.77. The Morgan fingerprint density at radius 2 is 1.77 bits per heavy atom. The van der Waals surface area contributed by atoms with Crippen LogP contribution in [-0.4, -0.2) is 31.4 Å². The van der Waals surface area contributed by atoms with Crippen LogP contribution in [0.3, 0.4) is 0 Å². The molecule has 0 unspecified atom stereocenters. The van der Waals surface area contributed by atoms with Crippen molar-refractivity contribution >= 4 is 12.1 Å². The first-order valence-electron chi connectivity index (χ1n) is 6.48. The van der Waals surface area contributed by atoms with Gasteiger partial charge in [-0.2, -0.15) is 5.10 Å². The Bertz CT molecular complexity index is 681. The van der Waals surface area contributed by atoms with Gasteiger partial charge in [-0.15, -0.1) is 0 Å². The van der Waals surface area contributed by atoms with E-state index in [1.54, 1.807) is 30.3 Å². The van der Waals surface area contributed by atoms with E-state index >= 15 is 0 Å². The third-order valence-electron chi connectivity index (χ3n) is 2.92. The number of methoxy groups -OCH3 is 2. The molecule has 0 saturated carbocycles. The van der Waals surface area contributed by atoms with E-state index in [4.69, 9.17) is 9.47 Å². The van der Waals surface area contributed by atoms with Crippen molar-refractivity contribution in [2.45, 2.75) is 0 Å². The molecule has 2 N–H and O–H groups in total. The number of carbonyl (C=O) groups excluding carboxylic acids is 1. The summed E-state index contributed by atoms with van der Waals surface area (Å²) in [6, 6.07) is 11.3. The SMILES string of the molecule is COc1ccc(C(=O)N/N=C/c2ccc(O)cc2)cc1OC. The fraction of sp³-hybridized carbons (Fsp3) is 0.125. The highest BCUT2D eigenvalue weighted by Crippen LogP contribution is 2.27. The molecule has 0 atom stereocenters. The van der Waals surface area contributed by atoms with E-state index in [9.17, 15) is 9.90 Å². The molecule has 0 bridgehead atoms. The van der Waals surface area contributed by atoms with Crippen molar-refractivity contribution in [1.82, 2.24) is 5.43 Å². The molecule has 0 aromatic heterocycles. The number of amides is 1. The smallest absolute Gasteiger partial charge is 0.271 e. The van der Waals surface area contributed by atoms with Crippen molar-refractivity contribution in [2.75, 3.05) is 14.2 Å². The Hall–Kier alpha value is -3.02. The van der Waals surface area contributed by atoms with Gasteiger partial charge >= 0.3 is 0 Å². The molecule has 0 heterocycles. The van der Waals surface area contributed by atoms with Crippen molar-refractivity contribution in [2.24, 2.45) is 5.10 Å². The minimum atomic E-state index is -0.365. The third kappa shape index (κ3) is 3.76. The number of carbonyl (C=O) groups is 1. The van der Waals surface area contributed by atoms with Crippen LogP contribution in [0.25, 0.3) is 0 Å². The van der Waals surface area contributed by atoms with Crippen LogP contribution in [0.2, 0.25) is 0 Å². The van der Waals surface area contributed by atoms with Gasteiger partial charge in [0.1, 0.15) is 5.75 Å². The van der Waals surface area contributed by atoms with Gasteiger partial charge in [0.05, 0.1) is 20.4 Å². The first kappa shape index (κ1) is 15.4. The fourth-order valence-electron chi connectivity index (χ4n) is 1.77. The molecule has 0 saturated heterocycles. The van der Waals surface area contributed by atoms with Crippen LogP contribution in [0.15, 0.2) is 47.6 Å². The van der Waals surface area contributed by atoms with Crippen LogP contribution < -0.4 is 14.9 Å². The maximum atomic E-state index is 12.0. The van der Waals surface area contributed by atoms with Crippen LogP contribution in [0.1, 0.15) is 15.9 Å². The second-order valence-corrected chi connectivity index (χ2v) is 4.36. The molecule has 2 aromatic rings. The highest BCUT2D eigenvalue weighted by atomic mass is 16.5. The zero-order valence-electron chi connectivity index (χ0n) is 12.2. The van der Waals surface area contributed by atoms with Gasteiger partial charge in [-0.3, -0.25) is 4.79 Å². The molecule has 6 nitrogen and oxygen atoms in total.